The van der Waals surface area contributed by atoms with E-state index in [0.717, 1.165) is 0 Å². The first-order valence-electron chi connectivity index (χ1n) is 6.64. The van der Waals surface area contributed by atoms with Crippen LogP contribution >= 0.6 is 0 Å². The first-order chi connectivity index (χ1) is 9.83. The molecule has 116 valence electrons. The van der Waals surface area contributed by atoms with Crippen molar-refractivity contribution >= 4 is 17.1 Å². The molecular weight excluding hydrogens is 278 g/mol. The summed E-state index contributed by atoms with van der Waals surface area (Å²) in [5, 5.41) is 25.3. The minimum atomic E-state index is -0.625. The standard InChI is InChI=1S/C13H19N3O5/c1-5-11(21-6-2)14-12-10(15(17)18)7-8(3)9(4)13(12)16(19)20/h7,11,14H,5-6H2,1-4H3. The molecule has 0 aliphatic carbocycles. The summed E-state index contributed by atoms with van der Waals surface area (Å²) in [6.45, 7) is 7.19. The Bertz CT molecular complexity index is 559. The number of nitro benzene ring substituents is 2. The molecule has 8 heteroatoms. The Morgan fingerprint density at radius 2 is 1.86 bits per heavy atom. The molecule has 0 saturated carbocycles. The average Bonchev–Trinajstić information content (AvgIpc) is 2.41. The zero-order valence-corrected chi connectivity index (χ0v) is 12.5. The molecule has 1 rings (SSSR count). The third-order valence-electron chi connectivity index (χ3n) is 3.22. The van der Waals surface area contributed by atoms with Crippen LogP contribution in [0.1, 0.15) is 31.4 Å². The smallest absolute Gasteiger partial charge is 0.302 e. The van der Waals surface area contributed by atoms with E-state index in [1.54, 1.807) is 20.8 Å². The molecule has 0 radical (unpaired) electrons. The van der Waals surface area contributed by atoms with Gasteiger partial charge in [0.2, 0.25) is 0 Å². The average molecular weight is 297 g/mol. The number of ether oxygens (including phenoxy) is 1. The van der Waals surface area contributed by atoms with Crippen LogP contribution in [0.5, 0.6) is 0 Å². The lowest BCUT2D eigenvalue weighted by Crippen LogP contribution is -2.23. The summed E-state index contributed by atoms with van der Waals surface area (Å²) < 4.78 is 5.38. The minimum absolute atomic E-state index is 0.103. The molecule has 0 heterocycles. The number of aryl methyl sites for hydroxylation is 1. The van der Waals surface area contributed by atoms with Crippen molar-refractivity contribution in [1.29, 1.82) is 0 Å². The second-order valence-corrected chi connectivity index (χ2v) is 4.57. The number of nitrogens with zero attached hydrogens (tertiary/aromatic N) is 2. The van der Waals surface area contributed by atoms with Gasteiger partial charge in [-0.3, -0.25) is 20.2 Å². The second-order valence-electron chi connectivity index (χ2n) is 4.57. The first kappa shape index (κ1) is 16.8. The van der Waals surface area contributed by atoms with Gasteiger partial charge in [0.15, 0.2) is 5.69 Å². The Labute approximate surface area is 122 Å². The maximum atomic E-state index is 11.3. The van der Waals surface area contributed by atoms with Crippen LogP contribution in [-0.2, 0) is 4.74 Å². The Hall–Kier alpha value is -2.22. The highest BCUT2D eigenvalue weighted by Gasteiger charge is 2.30. The summed E-state index contributed by atoms with van der Waals surface area (Å²) >= 11 is 0. The molecule has 1 aromatic rings. The van der Waals surface area contributed by atoms with E-state index in [1.807, 2.05) is 6.92 Å². The van der Waals surface area contributed by atoms with E-state index in [-0.39, 0.29) is 17.1 Å². The van der Waals surface area contributed by atoms with Crippen LogP contribution in [0.4, 0.5) is 17.1 Å². The van der Waals surface area contributed by atoms with Gasteiger partial charge >= 0.3 is 5.69 Å². The third-order valence-corrected chi connectivity index (χ3v) is 3.22. The minimum Gasteiger partial charge on any atom is -0.359 e. The second kappa shape index (κ2) is 6.98. The van der Waals surface area contributed by atoms with Crippen molar-refractivity contribution < 1.29 is 14.6 Å². The summed E-state index contributed by atoms with van der Waals surface area (Å²) in [6.07, 6.45) is 0.00391. The highest BCUT2D eigenvalue weighted by Crippen LogP contribution is 2.39. The molecule has 1 N–H and O–H groups in total. The number of anilines is 1. The normalized spacial score (nSPS) is 12.0. The lowest BCUT2D eigenvalue weighted by Gasteiger charge is -2.19. The molecule has 0 aliphatic rings. The fraction of sp³-hybridized carbons (Fsp3) is 0.538. The lowest BCUT2D eigenvalue weighted by atomic mass is 10.0. The van der Waals surface area contributed by atoms with Crippen molar-refractivity contribution in [2.24, 2.45) is 0 Å². The topological polar surface area (TPSA) is 108 Å². The number of hydrogen-bond acceptors (Lipinski definition) is 6. The van der Waals surface area contributed by atoms with Gasteiger partial charge in [0.25, 0.3) is 5.69 Å². The molecule has 1 aromatic carbocycles. The maximum absolute atomic E-state index is 11.3. The van der Waals surface area contributed by atoms with Crippen molar-refractivity contribution in [3.63, 3.8) is 0 Å². The largest absolute Gasteiger partial charge is 0.359 e. The number of benzene rings is 1. The molecule has 0 saturated heterocycles. The van der Waals surface area contributed by atoms with E-state index in [9.17, 15) is 20.2 Å². The van der Waals surface area contributed by atoms with E-state index in [1.165, 1.54) is 6.07 Å². The predicted molar refractivity (Wildman–Crippen MR) is 78.6 cm³/mol. The van der Waals surface area contributed by atoms with Gasteiger partial charge in [0.05, 0.1) is 9.85 Å². The zero-order valence-electron chi connectivity index (χ0n) is 12.5. The summed E-state index contributed by atoms with van der Waals surface area (Å²) in [5.41, 5.74) is 0.207. The van der Waals surface area contributed by atoms with Gasteiger partial charge < -0.3 is 10.1 Å². The van der Waals surface area contributed by atoms with Gasteiger partial charge in [0.1, 0.15) is 6.23 Å². The van der Waals surface area contributed by atoms with E-state index in [2.05, 4.69) is 5.32 Å². The molecule has 8 nitrogen and oxygen atoms in total. The number of nitrogens with one attached hydrogen (secondary N) is 1. The maximum Gasteiger partial charge on any atom is 0.302 e. The molecule has 21 heavy (non-hydrogen) atoms. The van der Waals surface area contributed by atoms with E-state index in [0.29, 0.717) is 24.2 Å². The van der Waals surface area contributed by atoms with Gasteiger partial charge in [-0.2, -0.15) is 0 Å². The fourth-order valence-electron chi connectivity index (χ4n) is 2.02. The van der Waals surface area contributed by atoms with Crippen LogP contribution in [0.3, 0.4) is 0 Å². The van der Waals surface area contributed by atoms with E-state index in [4.69, 9.17) is 4.74 Å². The predicted octanol–water partition coefficient (Wildman–Crippen LogP) is 3.30. The van der Waals surface area contributed by atoms with Crippen LogP contribution in [-0.4, -0.2) is 22.7 Å². The van der Waals surface area contributed by atoms with Gasteiger partial charge in [0, 0.05) is 18.2 Å². The van der Waals surface area contributed by atoms with Crippen molar-refractivity contribution in [2.75, 3.05) is 11.9 Å². The zero-order chi connectivity index (χ0) is 16.2. The number of hydrogen-bond donors (Lipinski definition) is 1. The van der Waals surface area contributed by atoms with E-state index >= 15 is 0 Å². The van der Waals surface area contributed by atoms with Crippen molar-refractivity contribution in [3.8, 4) is 0 Å². The van der Waals surface area contributed by atoms with Crippen LogP contribution < -0.4 is 5.32 Å². The lowest BCUT2D eigenvalue weighted by molar-refractivity contribution is -0.392. The fourth-order valence-corrected chi connectivity index (χ4v) is 2.02. The molecule has 0 bridgehead atoms. The number of nitro groups is 2. The molecule has 0 amide bonds. The van der Waals surface area contributed by atoms with E-state index < -0.39 is 16.1 Å². The summed E-state index contributed by atoms with van der Waals surface area (Å²) in [5.74, 6) is 0. The molecule has 1 unspecified atom stereocenters. The van der Waals surface area contributed by atoms with Crippen molar-refractivity contribution in [3.05, 3.63) is 37.4 Å². The van der Waals surface area contributed by atoms with Crippen molar-refractivity contribution in [1.82, 2.24) is 0 Å². The molecule has 0 aliphatic heterocycles. The Kier molecular flexibility index (Phi) is 5.60. The molecule has 0 fully saturated rings. The third kappa shape index (κ3) is 3.66. The quantitative estimate of drug-likeness (QED) is 0.470. The van der Waals surface area contributed by atoms with Crippen LogP contribution in [0, 0.1) is 34.1 Å². The molecule has 1 atom stereocenters. The van der Waals surface area contributed by atoms with Gasteiger partial charge in [-0.15, -0.1) is 0 Å². The Balaban J connectivity index is 3.47. The molecule has 0 spiro atoms. The summed E-state index contributed by atoms with van der Waals surface area (Å²) in [4.78, 5) is 21.3. The molecular formula is C13H19N3O5. The van der Waals surface area contributed by atoms with Crippen LogP contribution in [0.15, 0.2) is 6.07 Å². The number of rotatable bonds is 7. The highest BCUT2D eigenvalue weighted by molar-refractivity contribution is 5.77. The van der Waals surface area contributed by atoms with Crippen LogP contribution in [0.2, 0.25) is 0 Å². The summed E-state index contributed by atoms with van der Waals surface area (Å²) in [7, 11) is 0. The van der Waals surface area contributed by atoms with Gasteiger partial charge in [-0.05, 0) is 32.8 Å². The van der Waals surface area contributed by atoms with Crippen molar-refractivity contribution in [2.45, 2.75) is 40.3 Å². The van der Waals surface area contributed by atoms with Gasteiger partial charge in [-0.1, -0.05) is 6.92 Å². The Morgan fingerprint density at radius 1 is 1.24 bits per heavy atom. The SMILES string of the molecule is CCOC(CC)Nc1c([N+](=O)[O-])cc(C)c(C)c1[N+](=O)[O-]. The molecule has 0 aromatic heterocycles. The van der Waals surface area contributed by atoms with Gasteiger partial charge in [-0.25, -0.2) is 0 Å². The monoisotopic (exact) mass is 297 g/mol. The van der Waals surface area contributed by atoms with Crippen LogP contribution in [0.25, 0.3) is 0 Å². The highest BCUT2D eigenvalue weighted by atomic mass is 16.6. The first-order valence-corrected chi connectivity index (χ1v) is 6.64. The Morgan fingerprint density at radius 3 is 2.29 bits per heavy atom. The summed E-state index contributed by atoms with van der Waals surface area (Å²) in [6, 6.07) is 1.34.